The highest BCUT2D eigenvalue weighted by atomic mass is 16.3. The quantitative estimate of drug-likeness (QED) is 0.635. The van der Waals surface area contributed by atoms with Crippen molar-refractivity contribution in [3.05, 3.63) is 0 Å². The van der Waals surface area contributed by atoms with Crippen LogP contribution in [0.1, 0.15) is 20.8 Å². The maximum absolute atomic E-state index is 9.32. The molecule has 0 amide bonds. The zero-order chi connectivity index (χ0) is 9.35. The molecule has 2 N–H and O–H groups in total. The molecule has 3 heteroatoms. The molecule has 0 aromatic rings. The molecule has 1 aliphatic heterocycles. The standard InChI is InChI=1S/C9H19NO2/c1-7(12)8(4-11)10-5-9(2,3)6-10/h7-8,11-12H,4-6H2,1-3H3/t7-,8-/m1/s1. The summed E-state index contributed by atoms with van der Waals surface area (Å²) in [4.78, 5) is 2.13. The van der Waals surface area contributed by atoms with Crippen LogP contribution in [0.2, 0.25) is 0 Å². The Kier molecular flexibility index (Phi) is 2.76. The molecule has 0 radical (unpaired) electrons. The highest BCUT2D eigenvalue weighted by Crippen LogP contribution is 2.30. The Morgan fingerprint density at radius 3 is 2.17 bits per heavy atom. The number of nitrogens with zero attached hydrogens (tertiary/aromatic N) is 1. The van der Waals surface area contributed by atoms with Gasteiger partial charge in [0, 0.05) is 13.1 Å². The molecule has 1 saturated heterocycles. The van der Waals surface area contributed by atoms with Crippen molar-refractivity contribution in [1.82, 2.24) is 4.90 Å². The third-order valence-electron chi connectivity index (χ3n) is 2.48. The fraction of sp³-hybridized carbons (Fsp3) is 1.00. The fourth-order valence-electron chi connectivity index (χ4n) is 1.86. The highest BCUT2D eigenvalue weighted by molar-refractivity contribution is 4.92. The Labute approximate surface area is 74.0 Å². The van der Waals surface area contributed by atoms with Gasteiger partial charge in [-0.3, -0.25) is 4.90 Å². The van der Waals surface area contributed by atoms with E-state index < -0.39 is 6.10 Å². The lowest BCUT2D eigenvalue weighted by Gasteiger charge is -2.50. The Bertz CT molecular complexity index is 149. The van der Waals surface area contributed by atoms with Gasteiger partial charge in [0.1, 0.15) is 0 Å². The fourth-order valence-corrected chi connectivity index (χ4v) is 1.86. The van der Waals surface area contributed by atoms with Crippen LogP contribution in [-0.4, -0.2) is 47.0 Å². The Balaban J connectivity index is 2.39. The number of likely N-dealkylation sites (tertiary alicyclic amines) is 1. The number of hydrogen-bond donors (Lipinski definition) is 2. The molecule has 0 spiro atoms. The molecular weight excluding hydrogens is 154 g/mol. The molecule has 0 unspecified atom stereocenters. The second kappa shape index (κ2) is 3.32. The van der Waals surface area contributed by atoms with E-state index in [2.05, 4.69) is 18.7 Å². The minimum atomic E-state index is -0.439. The van der Waals surface area contributed by atoms with Crippen LogP contribution < -0.4 is 0 Å². The van der Waals surface area contributed by atoms with Gasteiger partial charge in [-0.1, -0.05) is 13.8 Å². The molecule has 0 aromatic carbocycles. The molecule has 0 aliphatic carbocycles. The lowest BCUT2D eigenvalue weighted by molar-refractivity contribution is -0.0651. The lowest BCUT2D eigenvalue weighted by Crippen LogP contribution is -2.60. The van der Waals surface area contributed by atoms with E-state index in [0.717, 1.165) is 13.1 Å². The van der Waals surface area contributed by atoms with E-state index in [9.17, 15) is 5.11 Å². The largest absolute Gasteiger partial charge is 0.395 e. The van der Waals surface area contributed by atoms with E-state index in [1.165, 1.54) is 0 Å². The van der Waals surface area contributed by atoms with Crippen molar-refractivity contribution >= 4 is 0 Å². The first-order valence-corrected chi connectivity index (χ1v) is 4.49. The summed E-state index contributed by atoms with van der Waals surface area (Å²) in [7, 11) is 0. The van der Waals surface area contributed by atoms with Gasteiger partial charge in [0.15, 0.2) is 0 Å². The van der Waals surface area contributed by atoms with Crippen molar-refractivity contribution in [1.29, 1.82) is 0 Å². The van der Waals surface area contributed by atoms with Gasteiger partial charge in [0.05, 0.1) is 18.8 Å². The molecule has 1 aliphatic rings. The molecule has 0 saturated carbocycles. The second-order valence-electron chi connectivity index (χ2n) is 4.56. The maximum Gasteiger partial charge on any atom is 0.0689 e. The van der Waals surface area contributed by atoms with Crippen molar-refractivity contribution in [3.8, 4) is 0 Å². The van der Waals surface area contributed by atoms with Crippen LogP contribution >= 0.6 is 0 Å². The molecule has 3 nitrogen and oxygen atoms in total. The summed E-state index contributed by atoms with van der Waals surface area (Å²) >= 11 is 0. The van der Waals surface area contributed by atoms with Crippen LogP contribution in [0.5, 0.6) is 0 Å². The number of aliphatic hydroxyl groups is 2. The number of hydrogen-bond acceptors (Lipinski definition) is 3. The summed E-state index contributed by atoms with van der Waals surface area (Å²) in [6, 6.07) is -0.0713. The number of aliphatic hydroxyl groups excluding tert-OH is 2. The average Bonchev–Trinajstić information content (AvgIpc) is 1.84. The first-order valence-electron chi connectivity index (χ1n) is 4.49. The summed E-state index contributed by atoms with van der Waals surface area (Å²) < 4.78 is 0. The Hall–Kier alpha value is -0.120. The highest BCUT2D eigenvalue weighted by Gasteiger charge is 2.39. The van der Waals surface area contributed by atoms with Gasteiger partial charge >= 0.3 is 0 Å². The minimum Gasteiger partial charge on any atom is -0.395 e. The van der Waals surface area contributed by atoms with E-state index in [4.69, 9.17) is 5.11 Å². The Morgan fingerprint density at radius 2 is 1.92 bits per heavy atom. The van der Waals surface area contributed by atoms with Crippen LogP contribution in [0.4, 0.5) is 0 Å². The second-order valence-corrected chi connectivity index (χ2v) is 4.56. The molecular formula is C9H19NO2. The molecule has 12 heavy (non-hydrogen) atoms. The third kappa shape index (κ3) is 1.97. The SMILES string of the molecule is C[C@@H](O)[C@@H](CO)N1CC(C)(C)C1. The lowest BCUT2D eigenvalue weighted by atomic mass is 9.82. The maximum atomic E-state index is 9.32. The molecule has 0 aromatic heterocycles. The topological polar surface area (TPSA) is 43.7 Å². The molecule has 0 bridgehead atoms. The zero-order valence-corrected chi connectivity index (χ0v) is 8.12. The van der Waals surface area contributed by atoms with Crippen molar-refractivity contribution in [2.45, 2.75) is 32.9 Å². The van der Waals surface area contributed by atoms with Crippen LogP contribution in [0.25, 0.3) is 0 Å². The predicted octanol–water partition coefficient (Wildman–Crippen LogP) is 0.0699. The van der Waals surface area contributed by atoms with Crippen molar-refractivity contribution in [2.75, 3.05) is 19.7 Å². The summed E-state index contributed by atoms with van der Waals surface area (Å²) in [5.41, 5.74) is 0.363. The molecule has 2 atom stereocenters. The third-order valence-corrected chi connectivity index (χ3v) is 2.48. The van der Waals surface area contributed by atoms with Crippen molar-refractivity contribution < 1.29 is 10.2 Å². The van der Waals surface area contributed by atoms with E-state index >= 15 is 0 Å². The average molecular weight is 173 g/mol. The van der Waals surface area contributed by atoms with Gasteiger partial charge in [0.25, 0.3) is 0 Å². The molecule has 72 valence electrons. The van der Waals surface area contributed by atoms with E-state index in [1.807, 2.05) is 0 Å². The van der Waals surface area contributed by atoms with E-state index in [1.54, 1.807) is 6.92 Å². The number of rotatable bonds is 3. The first kappa shape index (κ1) is 9.96. The first-order chi connectivity index (χ1) is 5.46. The van der Waals surface area contributed by atoms with Crippen LogP contribution in [0.15, 0.2) is 0 Å². The minimum absolute atomic E-state index is 0.0494. The monoisotopic (exact) mass is 173 g/mol. The van der Waals surface area contributed by atoms with Crippen LogP contribution in [0, 0.1) is 5.41 Å². The summed E-state index contributed by atoms with van der Waals surface area (Å²) in [5, 5.41) is 18.3. The van der Waals surface area contributed by atoms with Gasteiger partial charge in [0.2, 0.25) is 0 Å². The van der Waals surface area contributed by atoms with E-state index in [0.29, 0.717) is 5.41 Å². The summed E-state index contributed by atoms with van der Waals surface area (Å²) in [6.45, 7) is 8.12. The molecule has 1 rings (SSSR count). The van der Waals surface area contributed by atoms with Gasteiger partial charge in [-0.05, 0) is 12.3 Å². The van der Waals surface area contributed by atoms with E-state index in [-0.39, 0.29) is 12.6 Å². The van der Waals surface area contributed by atoms with Crippen molar-refractivity contribution in [2.24, 2.45) is 5.41 Å². The van der Waals surface area contributed by atoms with Gasteiger partial charge in [-0.15, -0.1) is 0 Å². The van der Waals surface area contributed by atoms with Crippen LogP contribution in [0.3, 0.4) is 0 Å². The normalized spacial score (nSPS) is 27.8. The van der Waals surface area contributed by atoms with Crippen LogP contribution in [-0.2, 0) is 0 Å². The summed E-state index contributed by atoms with van der Waals surface area (Å²) in [5.74, 6) is 0. The van der Waals surface area contributed by atoms with Gasteiger partial charge in [-0.2, -0.15) is 0 Å². The molecule has 1 fully saturated rings. The zero-order valence-electron chi connectivity index (χ0n) is 8.12. The molecule has 1 heterocycles. The summed E-state index contributed by atoms with van der Waals surface area (Å²) in [6.07, 6.45) is -0.439. The van der Waals surface area contributed by atoms with Gasteiger partial charge in [-0.25, -0.2) is 0 Å². The predicted molar refractivity (Wildman–Crippen MR) is 47.9 cm³/mol. The Morgan fingerprint density at radius 1 is 1.42 bits per heavy atom. The van der Waals surface area contributed by atoms with Crippen molar-refractivity contribution in [3.63, 3.8) is 0 Å². The van der Waals surface area contributed by atoms with Gasteiger partial charge < -0.3 is 10.2 Å². The smallest absolute Gasteiger partial charge is 0.0689 e.